The van der Waals surface area contributed by atoms with Crippen LogP contribution in [0.3, 0.4) is 0 Å². The number of esters is 1. The summed E-state index contributed by atoms with van der Waals surface area (Å²) in [5, 5.41) is 1.03. The Balaban J connectivity index is 1.67. The number of pyridine rings is 1. The Morgan fingerprint density at radius 3 is 2.65 bits per heavy atom. The van der Waals surface area contributed by atoms with Gasteiger partial charge in [-0.15, -0.1) is 0 Å². The predicted octanol–water partition coefficient (Wildman–Crippen LogP) is 5.07. The first-order valence-electron chi connectivity index (χ1n) is 9.39. The van der Waals surface area contributed by atoms with Crippen molar-refractivity contribution in [2.75, 3.05) is 6.61 Å². The van der Waals surface area contributed by atoms with Crippen molar-refractivity contribution in [1.82, 2.24) is 4.98 Å². The van der Waals surface area contributed by atoms with E-state index < -0.39 is 0 Å². The van der Waals surface area contributed by atoms with E-state index >= 15 is 0 Å². The molecule has 0 amide bonds. The second-order valence-electron chi connectivity index (χ2n) is 6.91. The molecule has 1 fully saturated rings. The molecular weight excluding hydrogens is 322 g/mol. The monoisotopic (exact) mass is 345 g/mol. The zero-order chi connectivity index (χ0) is 17.9. The number of fused-ring (bicyclic) bond motifs is 1. The number of hydrogen-bond acceptors (Lipinski definition) is 3. The van der Waals surface area contributed by atoms with Crippen molar-refractivity contribution < 1.29 is 9.53 Å². The van der Waals surface area contributed by atoms with Crippen molar-refractivity contribution >= 4 is 16.9 Å². The van der Waals surface area contributed by atoms with Crippen LogP contribution in [-0.4, -0.2) is 17.6 Å². The van der Waals surface area contributed by atoms with E-state index in [4.69, 9.17) is 4.74 Å². The highest BCUT2D eigenvalue weighted by molar-refractivity contribution is 5.94. The lowest BCUT2D eigenvalue weighted by atomic mass is 9.94. The molecule has 26 heavy (non-hydrogen) atoms. The Kier molecular flexibility index (Phi) is 4.70. The zero-order valence-corrected chi connectivity index (χ0v) is 15.1. The zero-order valence-electron chi connectivity index (χ0n) is 15.1. The topological polar surface area (TPSA) is 39.2 Å². The number of aromatic nitrogens is 1. The summed E-state index contributed by atoms with van der Waals surface area (Å²) >= 11 is 0. The SMILES string of the molecule is CCOC(=O)c1cnc2c(C3CC3)c(CCc3ccccc3)ccc2c1. The van der Waals surface area contributed by atoms with Crippen LogP contribution < -0.4 is 0 Å². The molecule has 1 aromatic heterocycles. The average Bonchev–Trinajstić information content (AvgIpc) is 3.51. The van der Waals surface area contributed by atoms with E-state index in [2.05, 4.69) is 47.4 Å². The maximum absolute atomic E-state index is 12.0. The number of carbonyl (C=O) groups excluding carboxylic acids is 1. The van der Waals surface area contributed by atoms with Gasteiger partial charge in [-0.3, -0.25) is 4.98 Å². The molecule has 0 N–H and O–H groups in total. The Hall–Kier alpha value is -2.68. The molecule has 132 valence electrons. The maximum Gasteiger partial charge on any atom is 0.339 e. The molecule has 3 heteroatoms. The Morgan fingerprint density at radius 1 is 1.12 bits per heavy atom. The van der Waals surface area contributed by atoms with Gasteiger partial charge in [-0.2, -0.15) is 0 Å². The van der Waals surface area contributed by atoms with E-state index in [0.29, 0.717) is 18.1 Å². The van der Waals surface area contributed by atoms with Crippen LogP contribution in [0, 0.1) is 0 Å². The lowest BCUT2D eigenvalue weighted by Crippen LogP contribution is -2.06. The van der Waals surface area contributed by atoms with Crippen LogP contribution in [0.1, 0.15) is 52.7 Å². The summed E-state index contributed by atoms with van der Waals surface area (Å²) in [5.74, 6) is 0.313. The third-order valence-corrected chi connectivity index (χ3v) is 5.00. The van der Waals surface area contributed by atoms with E-state index in [0.717, 1.165) is 23.7 Å². The van der Waals surface area contributed by atoms with Gasteiger partial charge in [0, 0.05) is 11.6 Å². The molecule has 0 radical (unpaired) electrons. The molecule has 1 aliphatic rings. The van der Waals surface area contributed by atoms with Gasteiger partial charge in [-0.05, 0) is 61.3 Å². The standard InChI is InChI=1S/C23H23NO2/c1-2-26-23(25)20-14-19-13-12-17(9-8-16-6-4-3-5-7-16)21(18-10-11-18)22(19)24-15-20/h3-7,12-15,18H,2,8-11H2,1H3. The quantitative estimate of drug-likeness (QED) is 0.585. The Bertz CT molecular complexity index is 930. The highest BCUT2D eigenvalue weighted by Gasteiger charge is 2.28. The normalized spacial score (nSPS) is 13.7. The first-order valence-corrected chi connectivity index (χ1v) is 9.39. The summed E-state index contributed by atoms with van der Waals surface area (Å²) in [6.07, 6.45) is 6.19. The van der Waals surface area contributed by atoms with E-state index in [-0.39, 0.29) is 5.97 Å². The summed E-state index contributed by atoms with van der Waals surface area (Å²) in [5.41, 5.74) is 5.71. The first kappa shape index (κ1) is 16.8. The molecule has 0 atom stereocenters. The molecule has 3 aromatic rings. The van der Waals surface area contributed by atoms with E-state index in [1.807, 2.05) is 13.0 Å². The molecule has 0 spiro atoms. The summed E-state index contributed by atoms with van der Waals surface area (Å²) in [6.45, 7) is 2.19. The van der Waals surface area contributed by atoms with E-state index in [9.17, 15) is 4.79 Å². The minimum absolute atomic E-state index is 0.303. The fourth-order valence-corrected chi connectivity index (χ4v) is 3.56. The number of nitrogens with zero attached hydrogens (tertiary/aromatic N) is 1. The van der Waals surface area contributed by atoms with Crippen LogP contribution >= 0.6 is 0 Å². The molecule has 3 nitrogen and oxygen atoms in total. The van der Waals surface area contributed by atoms with Crippen molar-refractivity contribution in [2.24, 2.45) is 0 Å². The van der Waals surface area contributed by atoms with Gasteiger partial charge in [0.2, 0.25) is 0 Å². The van der Waals surface area contributed by atoms with Crippen LogP contribution in [-0.2, 0) is 17.6 Å². The number of hydrogen-bond donors (Lipinski definition) is 0. The third-order valence-electron chi connectivity index (χ3n) is 5.00. The van der Waals surface area contributed by atoms with Crippen LogP contribution in [0.25, 0.3) is 10.9 Å². The van der Waals surface area contributed by atoms with E-state index in [1.54, 1.807) is 6.20 Å². The lowest BCUT2D eigenvalue weighted by Gasteiger charge is -2.13. The molecule has 1 saturated carbocycles. The molecule has 0 unspecified atom stereocenters. The van der Waals surface area contributed by atoms with Gasteiger partial charge in [-0.25, -0.2) is 4.79 Å². The van der Waals surface area contributed by atoms with Crippen molar-refractivity contribution in [3.05, 3.63) is 77.0 Å². The predicted molar refractivity (Wildman–Crippen MR) is 104 cm³/mol. The molecule has 0 saturated heterocycles. The smallest absolute Gasteiger partial charge is 0.339 e. The fourth-order valence-electron chi connectivity index (χ4n) is 3.56. The fraction of sp³-hybridized carbons (Fsp3) is 0.304. The molecule has 0 aliphatic heterocycles. The van der Waals surface area contributed by atoms with Gasteiger partial charge in [0.1, 0.15) is 0 Å². The summed E-state index contributed by atoms with van der Waals surface area (Å²) in [4.78, 5) is 16.6. The van der Waals surface area contributed by atoms with Gasteiger partial charge in [0.15, 0.2) is 0 Å². The van der Waals surface area contributed by atoms with Gasteiger partial charge >= 0.3 is 5.97 Å². The van der Waals surface area contributed by atoms with Crippen molar-refractivity contribution in [2.45, 2.75) is 38.5 Å². The van der Waals surface area contributed by atoms with Gasteiger partial charge in [0.25, 0.3) is 0 Å². The minimum Gasteiger partial charge on any atom is -0.462 e. The van der Waals surface area contributed by atoms with E-state index in [1.165, 1.54) is 29.5 Å². The second-order valence-corrected chi connectivity index (χ2v) is 6.91. The van der Waals surface area contributed by atoms with Crippen LogP contribution in [0.2, 0.25) is 0 Å². The van der Waals surface area contributed by atoms with Crippen LogP contribution in [0.5, 0.6) is 0 Å². The van der Waals surface area contributed by atoms with Gasteiger partial charge in [-0.1, -0.05) is 42.5 Å². The number of rotatable bonds is 6. The van der Waals surface area contributed by atoms with Gasteiger partial charge < -0.3 is 4.74 Å². The van der Waals surface area contributed by atoms with Crippen LogP contribution in [0.15, 0.2) is 54.7 Å². The maximum atomic E-state index is 12.0. The minimum atomic E-state index is -0.303. The molecule has 0 bridgehead atoms. The first-order chi connectivity index (χ1) is 12.8. The molecular formula is C23H23NO2. The van der Waals surface area contributed by atoms with Crippen molar-refractivity contribution in [1.29, 1.82) is 0 Å². The number of carbonyl (C=O) groups is 1. The van der Waals surface area contributed by atoms with Crippen LogP contribution in [0.4, 0.5) is 0 Å². The Morgan fingerprint density at radius 2 is 1.92 bits per heavy atom. The molecule has 1 aliphatic carbocycles. The number of ether oxygens (including phenoxy) is 1. The molecule has 1 heterocycles. The second kappa shape index (κ2) is 7.28. The lowest BCUT2D eigenvalue weighted by molar-refractivity contribution is 0.0526. The van der Waals surface area contributed by atoms with Gasteiger partial charge in [0.05, 0.1) is 17.7 Å². The summed E-state index contributed by atoms with van der Waals surface area (Å²) < 4.78 is 5.10. The highest BCUT2D eigenvalue weighted by Crippen LogP contribution is 2.44. The summed E-state index contributed by atoms with van der Waals surface area (Å²) in [7, 11) is 0. The third kappa shape index (κ3) is 3.48. The largest absolute Gasteiger partial charge is 0.462 e. The Labute approximate surface area is 154 Å². The molecule has 4 rings (SSSR count). The van der Waals surface area contributed by atoms with Crippen molar-refractivity contribution in [3.63, 3.8) is 0 Å². The van der Waals surface area contributed by atoms with Crippen molar-refractivity contribution in [3.8, 4) is 0 Å². The average molecular weight is 345 g/mol. The summed E-state index contributed by atoms with van der Waals surface area (Å²) in [6, 6.07) is 16.8. The highest BCUT2D eigenvalue weighted by atomic mass is 16.5. The number of aryl methyl sites for hydroxylation is 2. The number of benzene rings is 2. The molecule has 2 aromatic carbocycles.